The highest BCUT2D eigenvalue weighted by Gasteiger charge is 2.72. The summed E-state index contributed by atoms with van der Waals surface area (Å²) in [6.45, 7) is 12.2. The summed E-state index contributed by atoms with van der Waals surface area (Å²) in [5.74, 6) is -3.90. The molecule has 5 aliphatic carbocycles. The van der Waals surface area contributed by atoms with Crippen LogP contribution >= 0.6 is 0 Å². The molecular formula is C63H98O29. The zero-order valence-corrected chi connectivity index (χ0v) is 53.4. The molecule has 12 bridgehead atoms. The van der Waals surface area contributed by atoms with Gasteiger partial charge in [0.2, 0.25) is 6.29 Å². The van der Waals surface area contributed by atoms with Crippen LogP contribution in [-0.4, -0.2) is 275 Å². The van der Waals surface area contributed by atoms with Crippen molar-refractivity contribution in [3.8, 4) is 0 Å². The summed E-state index contributed by atoms with van der Waals surface area (Å²) < 4.78 is 72.3. The fraction of sp³-hybridized carbons (Fsp3) is 0.921. The number of hydrogen-bond donors (Lipinski definition) is 14. The van der Waals surface area contributed by atoms with Gasteiger partial charge in [0.1, 0.15) is 79.4 Å². The number of aliphatic hydroxyl groups is 14. The van der Waals surface area contributed by atoms with E-state index in [1.54, 1.807) is 0 Å². The van der Waals surface area contributed by atoms with Crippen molar-refractivity contribution in [1.29, 1.82) is 0 Å². The maximum atomic E-state index is 15.6. The SMILES string of the molecule is CC1O[C@H]2OC3[C@@H](OC[C@H](O)[C@@H]3O)OC(=O)[C@]34CCC(C)(C)C[C@H]3C3=CCC5[C@@]6(C)C[C@H](O)[C@H](O[C@@H]7O[C@H](CO)C(O)[C@H](O)C7O[C@@H]7OC[C@H](OC(=O)C[C@](C)(O)CC(=O)O[C@@H]1C(O[C@@H]1OCC(O)C(O)C1O)C2O)[C@H](O)[C@H]7O)[C@@](C)(CO)C6CC[C@@]5(C)[C@]3(C)CC4. The van der Waals surface area contributed by atoms with Crippen molar-refractivity contribution in [2.45, 2.75) is 279 Å². The molecule has 524 valence electrons. The van der Waals surface area contributed by atoms with Crippen molar-refractivity contribution < 1.29 is 143 Å². The molecule has 17 aliphatic rings. The first-order chi connectivity index (χ1) is 43.1. The van der Waals surface area contributed by atoms with Crippen LogP contribution in [0, 0.1) is 50.2 Å². The lowest BCUT2D eigenvalue weighted by atomic mass is 9.33. The molecule has 29 heteroatoms. The van der Waals surface area contributed by atoms with Crippen LogP contribution in [0.5, 0.6) is 0 Å². The first-order valence-electron chi connectivity index (χ1n) is 32.6. The van der Waals surface area contributed by atoms with Crippen LogP contribution < -0.4 is 0 Å². The molecule has 12 fully saturated rings. The standard InChI is InChI=1S/C63H98O29/c1-26-46-47(88-51-43(76)38(71)30(67)22-81-51)45(78)53(84-26)90-48-39(72)31(68)23-82-54(48)92-56(79)63-15-13-57(2,3)17-28(63)27-9-10-35-59(5)18-29(66)50(60(6,25-65)34(59)11-12-62(35,8)61(27,7)14-16-63)91-55-49(42(75)40(73)32(21-64)86-55)89-52-44(77)41(74)33(24-83-52)85-36(69)19-58(4,80)20-37(70)87-46/h9,26,28-35,38-55,64-68,71-78,80H,10-25H2,1-8H3/t26?,28-,29-,30?,31-,32+,33-,34?,35?,38?,39-,40?,41-,42-,43?,44+,45?,46-,47?,48?,49?,50-,51-,52-,53-,54-,55-,58-,59-,60-,61+,62+,63-/m0/s1. The van der Waals surface area contributed by atoms with Crippen molar-refractivity contribution in [3.05, 3.63) is 11.6 Å². The molecule has 0 aromatic heterocycles. The monoisotopic (exact) mass is 1320 g/mol. The van der Waals surface area contributed by atoms with E-state index in [0.717, 1.165) is 12.5 Å². The molecule has 0 aromatic rings. The van der Waals surface area contributed by atoms with Crippen LogP contribution in [0.3, 0.4) is 0 Å². The van der Waals surface area contributed by atoms with Gasteiger partial charge in [0.15, 0.2) is 43.5 Å². The summed E-state index contributed by atoms with van der Waals surface area (Å²) in [5, 5.41) is 159. The molecule has 8 saturated heterocycles. The van der Waals surface area contributed by atoms with E-state index in [1.165, 1.54) is 6.92 Å². The van der Waals surface area contributed by atoms with Gasteiger partial charge in [-0.15, -0.1) is 0 Å². The minimum atomic E-state index is -2.29. The number of carbonyl (C=O) groups is 3. The molecular weight excluding hydrogens is 1220 g/mol. The first-order valence-corrected chi connectivity index (χ1v) is 32.6. The highest BCUT2D eigenvalue weighted by atomic mass is 16.8. The average Bonchev–Trinajstić information content (AvgIpc) is 0.674. The van der Waals surface area contributed by atoms with Crippen LogP contribution in [0.2, 0.25) is 0 Å². The van der Waals surface area contributed by atoms with Gasteiger partial charge in [0.25, 0.3) is 0 Å². The third-order valence-electron chi connectivity index (χ3n) is 24.0. The van der Waals surface area contributed by atoms with Crippen molar-refractivity contribution in [1.82, 2.24) is 0 Å². The molecule has 92 heavy (non-hydrogen) atoms. The van der Waals surface area contributed by atoms with Crippen molar-refractivity contribution in [2.75, 3.05) is 33.0 Å². The van der Waals surface area contributed by atoms with Gasteiger partial charge in [-0.05, 0) is 111 Å². The van der Waals surface area contributed by atoms with Gasteiger partial charge in [-0.2, -0.15) is 0 Å². The predicted molar refractivity (Wildman–Crippen MR) is 306 cm³/mol. The lowest BCUT2D eigenvalue weighted by molar-refractivity contribution is -0.377. The summed E-state index contributed by atoms with van der Waals surface area (Å²) in [4.78, 5) is 43.1. The minimum Gasteiger partial charge on any atom is -0.457 e. The Bertz CT molecular complexity index is 2700. The van der Waals surface area contributed by atoms with E-state index in [2.05, 4.69) is 40.7 Å². The van der Waals surface area contributed by atoms with E-state index in [-0.39, 0.29) is 29.6 Å². The Labute approximate surface area is 533 Å². The highest BCUT2D eigenvalue weighted by molar-refractivity contribution is 5.79. The second kappa shape index (κ2) is 25.8. The predicted octanol–water partition coefficient (Wildman–Crippen LogP) is -2.68. The van der Waals surface area contributed by atoms with Crippen LogP contribution in [0.25, 0.3) is 0 Å². The normalized spacial score (nSPS) is 54.4. The first kappa shape index (κ1) is 70.5. The largest absolute Gasteiger partial charge is 0.457 e. The molecule has 0 aromatic carbocycles. The Hall–Kier alpha value is -2.77. The molecule has 1 spiro atoms. The quantitative estimate of drug-likeness (QED) is 0.0590. The molecule has 12 heterocycles. The van der Waals surface area contributed by atoms with Gasteiger partial charge in [-0.1, -0.05) is 53.2 Å². The third kappa shape index (κ3) is 12.1. The maximum absolute atomic E-state index is 15.6. The van der Waals surface area contributed by atoms with Crippen molar-refractivity contribution >= 4 is 17.9 Å². The van der Waals surface area contributed by atoms with Crippen molar-refractivity contribution in [3.63, 3.8) is 0 Å². The molecule has 29 nitrogen and oxygen atoms in total. The fourth-order valence-corrected chi connectivity index (χ4v) is 18.5. The number of aliphatic hydroxyl groups excluding tert-OH is 13. The zero-order valence-electron chi connectivity index (χ0n) is 53.4. The lowest BCUT2D eigenvalue weighted by Crippen LogP contribution is -2.70. The Morgan fingerprint density at radius 1 is 0.565 bits per heavy atom. The van der Waals surface area contributed by atoms with Crippen LogP contribution in [0.1, 0.15) is 126 Å². The van der Waals surface area contributed by atoms with E-state index in [0.29, 0.717) is 51.4 Å². The number of carbonyl (C=O) groups excluding carboxylic acids is 3. The number of ether oxygens (including phenoxy) is 12. The Kier molecular flexibility index (Phi) is 19.8. The maximum Gasteiger partial charge on any atom is 0.315 e. The van der Waals surface area contributed by atoms with Gasteiger partial charge in [-0.3, -0.25) is 14.4 Å². The molecule has 11 unspecified atom stereocenters. The Morgan fingerprint density at radius 3 is 1.90 bits per heavy atom. The third-order valence-corrected chi connectivity index (χ3v) is 24.0. The summed E-state index contributed by atoms with van der Waals surface area (Å²) in [5.41, 5.74) is -5.49. The molecule has 0 radical (unpaired) electrons. The van der Waals surface area contributed by atoms with Crippen molar-refractivity contribution in [2.24, 2.45) is 50.2 Å². The fourth-order valence-electron chi connectivity index (χ4n) is 18.5. The number of rotatable bonds is 4. The smallest absolute Gasteiger partial charge is 0.315 e. The average molecular weight is 1320 g/mol. The molecule has 14 N–H and O–H groups in total. The van der Waals surface area contributed by atoms with E-state index >= 15 is 4.79 Å². The van der Waals surface area contributed by atoms with Crippen LogP contribution in [-0.2, 0) is 71.2 Å². The van der Waals surface area contributed by atoms with Crippen LogP contribution in [0.15, 0.2) is 11.6 Å². The highest BCUT2D eigenvalue weighted by Crippen LogP contribution is 2.76. The Morgan fingerprint density at radius 2 is 1.21 bits per heavy atom. The zero-order chi connectivity index (χ0) is 66.9. The molecule has 17 rings (SSSR count). The van der Waals surface area contributed by atoms with E-state index in [9.17, 15) is 81.1 Å². The summed E-state index contributed by atoms with van der Waals surface area (Å²) in [6, 6.07) is 0. The summed E-state index contributed by atoms with van der Waals surface area (Å²) in [6.07, 6.45) is -36.9. The number of esters is 3. The summed E-state index contributed by atoms with van der Waals surface area (Å²) >= 11 is 0. The van der Waals surface area contributed by atoms with Gasteiger partial charge < -0.3 is 128 Å². The van der Waals surface area contributed by atoms with Gasteiger partial charge >= 0.3 is 17.9 Å². The van der Waals surface area contributed by atoms with Gasteiger partial charge in [0.05, 0.1) is 75.2 Å². The van der Waals surface area contributed by atoms with E-state index < -0.39 is 244 Å². The van der Waals surface area contributed by atoms with E-state index in [4.69, 9.17) is 56.8 Å². The number of hydrogen-bond acceptors (Lipinski definition) is 29. The Balaban J connectivity index is 0.951. The molecule has 4 saturated carbocycles. The van der Waals surface area contributed by atoms with Crippen LogP contribution in [0.4, 0.5) is 0 Å². The molecule has 0 amide bonds. The topological polar surface area (TPSA) is 445 Å². The summed E-state index contributed by atoms with van der Waals surface area (Å²) in [7, 11) is 0. The minimum absolute atomic E-state index is 0.109. The van der Waals surface area contributed by atoms with Gasteiger partial charge in [0, 0.05) is 5.41 Å². The number of allylic oxidation sites excluding steroid dienone is 2. The second-order valence-corrected chi connectivity index (χ2v) is 30.5. The second-order valence-electron chi connectivity index (χ2n) is 30.5. The van der Waals surface area contributed by atoms with E-state index in [1.807, 2.05) is 6.92 Å². The lowest BCUT2D eigenvalue weighted by Gasteiger charge is -2.72. The van der Waals surface area contributed by atoms with Gasteiger partial charge in [-0.25, -0.2) is 0 Å². The molecule has 12 aliphatic heterocycles. The molecule has 33 atom stereocenters.